The van der Waals surface area contributed by atoms with Crippen LogP contribution in [0.25, 0.3) is 5.65 Å². The van der Waals surface area contributed by atoms with E-state index >= 15 is 0 Å². The van der Waals surface area contributed by atoms with E-state index in [9.17, 15) is 5.11 Å². The van der Waals surface area contributed by atoms with Gasteiger partial charge in [-0.15, -0.1) is 0 Å². The van der Waals surface area contributed by atoms with E-state index in [0.29, 0.717) is 23.7 Å². The maximum absolute atomic E-state index is 9.63. The molecule has 1 aliphatic rings. The molecule has 148 valence electrons. The lowest BCUT2D eigenvalue weighted by atomic mass is 10.3. The number of hydrogen-bond donors (Lipinski definition) is 4. The van der Waals surface area contributed by atoms with Gasteiger partial charge in [-0.05, 0) is 32.4 Å². The van der Waals surface area contributed by atoms with Crippen molar-refractivity contribution in [2.75, 3.05) is 37.0 Å². The van der Waals surface area contributed by atoms with Crippen LogP contribution in [0, 0.1) is 0 Å². The Balaban J connectivity index is 1.47. The van der Waals surface area contributed by atoms with E-state index in [1.165, 1.54) is 38.3 Å². The molecule has 0 radical (unpaired) electrons. The van der Waals surface area contributed by atoms with Gasteiger partial charge in [0.1, 0.15) is 6.33 Å². The third-order valence-corrected chi connectivity index (χ3v) is 4.50. The van der Waals surface area contributed by atoms with Crippen LogP contribution in [0.1, 0.15) is 19.3 Å². The zero-order valence-electron chi connectivity index (χ0n) is 15.2. The summed E-state index contributed by atoms with van der Waals surface area (Å²) in [5.41, 5.74) is 3.09. The minimum Gasteiger partial charge on any atom is -0.493 e. The zero-order valence-corrected chi connectivity index (χ0v) is 15.2. The van der Waals surface area contributed by atoms with Gasteiger partial charge in [-0.2, -0.15) is 15.1 Å². The quantitative estimate of drug-likeness (QED) is 0.334. The van der Waals surface area contributed by atoms with Gasteiger partial charge in [0.25, 0.3) is 0 Å². The van der Waals surface area contributed by atoms with Gasteiger partial charge < -0.3 is 20.1 Å². The zero-order chi connectivity index (χ0) is 19.3. The van der Waals surface area contributed by atoms with E-state index in [2.05, 4.69) is 30.3 Å². The van der Waals surface area contributed by atoms with Crippen molar-refractivity contribution in [2.45, 2.75) is 19.3 Å². The van der Waals surface area contributed by atoms with Gasteiger partial charge in [0.15, 0.2) is 17.2 Å². The maximum Gasteiger partial charge on any atom is 0.232 e. The molecule has 3 aromatic rings. The Hall–Kier alpha value is -3.18. The predicted molar refractivity (Wildman–Crippen MR) is 101 cm³/mol. The van der Waals surface area contributed by atoms with Crippen LogP contribution in [0.4, 0.5) is 17.5 Å². The number of hydrogen-bond acceptors (Lipinski definition) is 10. The molecule has 1 aliphatic heterocycles. The molecule has 0 atom stereocenters. The molecule has 1 fully saturated rings. The van der Waals surface area contributed by atoms with Crippen molar-refractivity contribution in [2.24, 2.45) is 0 Å². The van der Waals surface area contributed by atoms with Gasteiger partial charge in [0.2, 0.25) is 11.8 Å². The molecule has 4 N–H and O–H groups in total. The first kappa shape index (κ1) is 18.2. The Morgan fingerprint density at radius 3 is 2.86 bits per heavy atom. The number of nitrogens with one attached hydrogen (secondary N) is 2. The molecule has 0 spiro atoms. The Morgan fingerprint density at radius 2 is 2.04 bits per heavy atom. The number of aromatic nitrogens is 5. The van der Waals surface area contributed by atoms with Crippen LogP contribution < -0.4 is 15.5 Å². The molecule has 11 nitrogen and oxygen atoms in total. The van der Waals surface area contributed by atoms with Crippen LogP contribution in [-0.2, 0) is 0 Å². The van der Waals surface area contributed by atoms with Gasteiger partial charge in [-0.1, -0.05) is 0 Å². The van der Waals surface area contributed by atoms with Gasteiger partial charge in [-0.3, -0.25) is 10.7 Å². The molecule has 0 aliphatic carbocycles. The molecule has 0 aromatic carbocycles. The summed E-state index contributed by atoms with van der Waals surface area (Å²) in [7, 11) is 0. The summed E-state index contributed by atoms with van der Waals surface area (Å²) in [6.07, 6.45) is 6.64. The van der Waals surface area contributed by atoms with Gasteiger partial charge in [0.05, 0.1) is 18.5 Å². The van der Waals surface area contributed by atoms with E-state index in [-0.39, 0.29) is 17.6 Å². The van der Waals surface area contributed by atoms with Crippen molar-refractivity contribution in [3.63, 3.8) is 0 Å². The molecular formula is C17H22N8O3. The maximum atomic E-state index is 9.63. The summed E-state index contributed by atoms with van der Waals surface area (Å²) in [6.45, 7) is 3.93. The summed E-state index contributed by atoms with van der Waals surface area (Å²) in [5, 5.41) is 25.7. The lowest BCUT2D eigenvalue weighted by Gasteiger charge is -2.15. The van der Waals surface area contributed by atoms with Crippen molar-refractivity contribution in [3.8, 4) is 11.6 Å². The van der Waals surface area contributed by atoms with E-state index in [1.807, 2.05) is 5.48 Å². The van der Waals surface area contributed by atoms with Crippen LogP contribution in [0.15, 0.2) is 24.7 Å². The first-order valence-electron chi connectivity index (χ1n) is 9.15. The molecule has 3 aromatic heterocycles. The molecule has 4 rings (SSSR count). The SMILES string of the molecule is ONc1cc(O)nc(Nc2cc(OCCCN3CCCC3)c3ncnn3c2)n1. The Labute approximate surface area is 161 Å². The van der Waals surface area contributed by atoms with E-state index in [1.54, 1.807) is 16.8 Å². The summed E-state index contributed by atoms with van der Waals surface area (Å²) in [6, 6.07) is 2.97. The largest absolute Gasteiger partial charge is 0.493 e. The van der Waals surface area contributed by atoms with Crippen LogP contribution >= 0.6 is 0 Å². The highest BCUT2D eigenvalue weighted by molar-refractivity contribution is 5.64. The molecule has 0 unspecified atom stereocenters. The Kier molecular flexibility index (Phi) is 5.35. The fraction of sp³-hybridized carbons (Fsp3) is 0.412. The summed E-state index contributed by atoms with van der Waals surface area (Å²) < 4.78 is 7.54. The number of fused-ring (bicyclic) bond motifs is 1. The summed E-state index contributed by atoms with van der Waals surface area (Å²) in [5.74, 6) is 0.477. The van der Waals surface area contributed by atoms with Crippen LogP contribution in [0.5, 0.6) is 11.6 Å². The number of likely N-dealkylation sites (tertiary alicyclic amines) is 1. The number of ether oxygens (including phenoxy) is 1. The van der Waals surface area contributed by atoms with E-state index in [4.69, 9.17) is 9.94 Å². The van der Waals surface area contributed by atoms with E-state index < -0.39 is 0 Å². The van der Waals surface area contributed by atoms with Crippen LogP contribution in [0.3, 0.4) is 0 Å². The Morgan fingerprint density at radius 1 is 1.18 bits per heavy atom. The average molecular weight is 386 g/mol. The lowest BCUT2D eigenvalue weighted by molar-refractivity contribution is 0.264. The predicted octanol–water partition coefficient (Wildman–Crippen LogP) is 1.63. The van der Waals surface area contributed by atoms with Crippen LogP contribution in [-0.4, -0.2) is 66.0 Å². The molecule has 0 saturated carbocycles. The third kappa shape index (κ3) is 4.21. The molecule has 1 saturated heterocycles. The number of nitrogens with zero attached hydrogens (tertiary/aromatic N) is 6. The van der Waals surface area contributed by atoms with Crippen molar-refractivity contribution in [1.82, 2.24) is 29.5 Å². The minimum absolute atomic E-state index is 0.0650. The highest BCUT2D eigenvalue weighted by Gasteiger charge is 2.12. The monoisotopic (exact) mass is 386 g/mol. The van der Waals surface area contributed by atoms with Gasteiger partial charge in [0, 0.05) is 18.7 Å². The molecule has 0 bridgehead atoms. The second-order valence-corrected chi connectivity index (χ2v) is 6.54. The second-order valence-electron chi connectivity index (χ2n) is 6.54. The third-order valence-electron chi connectivity index (χ3n) is 4.50. The fourth-order valence-corrected chi connectivity index (χ4v) is 3.22. The molecule has 4 heterocycles. The Bertz CT molecular complexity index is 941. The molecule has 28 heavy (non-hydrogen) atoms. The number of pyridine rings is 1. The molecule has 0 amide bonds. The van der Waals surface area contributed by atoms with Crippen molar-refractivity contribution >= 4 is 23.1 Å². The topological polar surface area (TPSA) is 133 Å². The first-order valence-corrected chi connectivity index (χ1v) is 9.15. The first-order chi connectivity index (χ1) is 13.7. The fourth-order valence-electron chi connectivity index (χ4n) is 3.22. The summed E-state index contributed by atoms with van der Waals surface area (Å²) >= 11 is 0. The highest BCUT2D eigenvalue weighted by atomic mass is 16.5. The minimum atomic E-state index is -0.283. The number of aromatic hydroxyl groups is 1. The number of rotatable bonds is 8. The van der Waals surface area contributed by atoms with Crippen LogP contribution in [0.2, 0.25) is 0 Å². The van der Waals surface area contributed by atoms with Crippen molar-refractivity contribution in [1.29, 1.82) is 0 Å². The standard InChI is InChI=1S/C17H22N8O3/c26-15-9-14(23-27)21-17(22-15)20-12-8-13(16-18-11-19-25(16)10-12)28-7-3-6-24-4-1-2-5-24/h8-11,27H,1-7H2,(H3,20,21,22,23,26). The van der Waals surface area contributed by atoms with Gasteiger partial charge in [-0.25, -0.2) is 9.50 Å². The van der Waals surface area contributed by atoms with Crippen molar-refractivity contribution in [3.05, 3.63) is 24.7 Å². The second kappa shape index (κ2) is 8.23. The number of anilines is 3. The van der Waals surface area contributed by atoms with E-state index in [0.717, 1.165) is 13.0 Å². The molecular weight excluding hydrogens is 364 g/mol. The van der Waals surface area contributed by atoms with Crippen molar-refractivity contribution < 1.29 is 15.1 Å². The molecule has 11 heteroatoms. The smallest absolute Gasteiger partial charge is 0.232 e. The highest BCUT2D eigenvalue weighted by Crippen LogP contribution is 2.25. The average Bonchev–Trinajstić information content (AvgIpc) is 3.36. The summed E-state index contributed by atoms with van der Waals surface area (Å²) in [4.78, 5) is 14.6. The van der Waals surface area contributed by atoms with Gasteiger partial charge >= 0.3 is 0 Å². The normalized spacial score (nSPS) is 14.5. The lowest BCUT2D eigenvalue weighted by Crippen LogP contribution is -2.22.